The Hall–Kier alpha value is -2.35. The minimum atomic E-state index is 0.537. The highest BCUT2D eigenvalue weighted by Crippen LogP contribution is 2.35. The number of aromatic amines is 1. The molecule has 8 heteroatoms. The molecule has 1 aliphatic carbocycles. The molecule has 0 atom stereocenters. The maximum Gasteiger partial charge on any atom is 0.195 e. The van der Waals surface area contributed by atoms with Crippen LogP contribution in [0.4, 0.5) is 5.82 Å². The Bertz CT molecular complexity index is 865. The third-order valence-corrected chi connectivity index (χ3v) is 3.96. The molecule has 0 radical (unpaired) electrons. The zero-order valence-electron chi connectivity index (χ0n) is 11.9. The number of hydrogen-bond acceptors (Lipinski definition) is 6. The number of hydrogen-bond donors (Lipinski definition) is 2. The van der Waals surface area contributed by atoms with Crippen LogP contribution < -0.4 is 5.32 Å². The maximum absolute atomic E-state index is 5.28. The molecule has 0 aliphatic heterocycles. The van der Waals surface area contributed by atoms with Crippen LogP contribution >= 0.6 is 12.2 Å². The van der Waals surface area contributed by atoms with Gasteiger partial charge in [-0.15, -0.1) is 0 Å². The van der Waals surface area contributed by atoms with Gasteiger partial charge >= 0.3 is 0 Å². The first kappa shape index (κ1) is 13.3. The van der Waals surface area contributed by atoms with Crippen molar-refractivity contribution in [3.05, 3.63) is 35.1 Å². The third-order valence-electron chi connectivity index (χ3n) is 3.68. The van der Waals surface area contributed by atoms with Gasteiger partial charge in [0.1, 0.15) is 17.2 Å². The van der Waals surface area contributed by atoms with Gasteiger partial charge < -0.3 is 9.88 Å². The van der Waals surface area contributed by atoms with E-state index in [0.717, 1.165) is 34.9 Å². The van der Waals surface area contributed by atoms with Gasteiger partial charge in [-0.3, -0.25) is 10.1 Å². The number of aromatic nitrogens is 6. The van der Waals surface area contributed by atoms with Crippen LogP contribution in [0.5, 0.6) is 0 Å². The standard InChI is InChI=1S/C14H15N7S/c22-14-20-19-12(21(14)9-1-2-9)5-6-16-11-4-3-10-13(18-11)17-8-7-15-10/h3-4,7-9H,1-2,5-6H2,(H,20,22)(H,16,17,18). The van der Waals surface area contributed by atoms with Crippen molar-refractivity contribution in [2.75, 3.05) is 11.9 Å². The van der Waals surface area contributed by atoms with Crippen molar-refractivity contribution < 1.29 is 0 Å². The zero-order chi connectivity index (χ0) is 14.9. The van der Waals surface area contributed by atoms with Gasteiger partial charge in [0.2, 0.25) is 0 Å². The molecule has 0 spiro atoms. The van der Waals surface area contributed by atoms with Crippen molar-refractivity contribution in [2.24, 2.45) is 0 Å². The van der Waals surface area contributed by atoms with E-state index >= 15 is 0 Å². The van der Waals surface area contributed by atoms with Crippen molar-refractivity contribution in [2.45, 2.75) is 25.3 Å². The summed E-state index contributed by atoms with van der Waals surface area (Å²) in [5.74, 6) is 1.79. The summed E-state index contributed by atoms with van der Waals surface area (Å²) in [6.07, 6.45) is 6.49. The number of nitrogens with zero attached hydrogens (tertiary/aromatic N) is 5. The first-order chi connectivity index (χ1) is 10.8. The Morgan fingerprint density at radius 3 is 3.00 bits per heavy atom. The Kier molecular flexibility index (Phi) is 3.30. The van der Waals surface area contributed by atoms with Gasteiger partial charge in [-0.05, 0) is 37.2 Å². The van der Waals surface area contributed by atoms with Crippen molar-refractivity contribution in [3.8, 4) is 0 Å². The van der Waals surface area contributed by atoms with E-state index in [-0.39, 0.29) is 0 Å². The van der Waals surface area contributed by atoms with E-state index in [1.54, 1.807) is 12.4 Å². The van der Waals surface area contributed by atoms with Crippen LogP contribution in [0.3, 0.4) is 0 Å². The van der Waals surface area contributed by atoms with Crippen molar-refractivity contribution >= 4 is 29.2 Å². The predicted molar refractivity (Wildman–Crippen MR) is 85.2 cm³/mol. The molecule has 0 unspecified atom stereocenters. The average Bonchev–Trinajstić information content (AvgIpc) is 3.31. The Labute approximate surface area is 131 Å². The summed E-state index contributed by atoms with van der Waals surface area (Å²) in [6.45, 7) is 0.741. The molecule has 3 heterocycles. The molecule has 112 valence electrons. The average molecular weight is 313 g/mol. The van der Waals surface area contributed by atoms with Gasteiger partial charge in [0.05, 0.1) is 0 Å². The topological polar surface area (TPSA) is 84.3 Å². The van der Waals surface area contributed by atoms with Crippen LogP contribution in [-0.4, -0.2) is 36.3 Å². The van der Waals surface area contributed by atoms with E-state index in [1.807, 2.05) is 12.1 Å². The molecule has 1 saturated carbocycles. The van der Waals surface area contributed by atoms with Crippen LogP contribution in [-0.2, 0) is 6.42 Å². The molecule has 1 fully saturated rings. The van der Waals surface area contributed by atoms with Gasteiger partial charge in [0, 0.05) is 31.4 Å². The fourth-order valence-corrected chi connectivity index (χ4v) is 2.78. The Balaban J connectivity index is 1.45. The minimum absolute atomic E-state index is 0.537. The monoisotopic (exact) mass is 313 g/mol. The number of rotatable bonds is 5. The lowest BCUT2D eigenvalue weighted by atomic mass is 10.3. The van der Waals surface area contributed by atoms with Crippen molar-refractivity contribution in [3.63, 3.8) is 0 Å². The molecule has 4 rings (SSSR count). The lowest BCUT2D eigenvalue weighted by Gasteiger charge is -2.07. The van der Waals surface area contributed by atoms with Crippen LogP contribution in [0.15, 0.2) is 24.5 Å². The summed E-state index contributed by atoms with van der Waals surface area (Å²) in [7, 11) is 0. The Morgan fingerprint density at radius 2 is 2.14 bits per heavy atom. The smallest absolute Gasteiger partial charge is 0.195 e. The molecule has 1 aliphatic rings. The molecule has 0 saturated heterocycles. The maximum atomic E-state index is 5.28. The normalized spacial score (nSPS) is 14.4. The van der Waals surface area contributed by atoms with Gasteiger partial charge in [-0.1, -0.05) is 0 Å². The zero-order valence-corrected chi connectivity index (χ0v) is 12.7. The number of anilines is 1. The second-order valence-electron chi connectivity index (χ2n) is 5.32. The number of nitrogens with one attached hydrogen (secondary N) is 2. The van der Waals surface area contributed by atoms with Crippen LogP contribution in [0.25, 0.3) is 11.2 Å². The first-order valence-corrected chi connectivity index (χ1v) is 7.69. The minimum Gasteiger partial charge on any atom is -0.370 e. The molecular formula is C14H15N7S. The first-order valence-electron chi connectivity index (χ1n) is 7.29. The fraction of sp³-hybridized carbons (Fsp3) is 0.357. The summed E-state index contributed by atoms with van der Waals surface area (Å²) in [5, 5.41) is 10.5. The molecule has 3 aromatic rings. The second-order valence-corrected chi connectivity index (χ2v) is 5.71. The highest BCUT2D eigenvalue weighted by Gasteiger charge is 2.26. The molecule has 7 nitrogen and oxygen atoms in total. The largest absolute Gasteiger partial charge is 0.370 e. The summed E-state index contributed by atoms with van der Waals surface area (Å²) >= 11 is 5.28. The highest BCUT2D eigenvalue weighted by atomic mass is 32.1. The fourth-order valence-electron chi connectivity index (χ4n) is 2.48. The predicted octanol–water partition coefficient (Wildman–Crippen LogP) is 2.27. The second kappa shape index (κ2) is 5.45. The third kappa shape index (κ3) is 2.57. The van der Waals surface area contributed by atoms with Crippen LogP contribution in [0, 0.1) is 4.77 Å². The van der Waals surface area contributed by atoms with Crippen molar-refractivity contribution in [1.82, 2.24) is 29.7 Å². The van der Waals surface area contributed by atoms with E-state index < -0.39 is 0 Å². The highest BCUT2D eigenvalue weighted by molar-refractivity contribution is 7.71. The van der Waals surface area contributed by atoms with Crippen LogP contribution in [0.2, 0.25) is 0 Å². The van der Waals surface area contributed by atoms with E-state index in [0.29, 0.717) is 11.7 Å². The number of H-pyrrole nitrogens is 1. The SMILES string of the molecule is S=c1[nH]nc(CCNc2ccc3nccnc3n2)n1C1CC1. The van der Waals surface area contributed by atoms with E-state index in [1.165, 1.54) is 12.8 Å². The molecule has 2 N–H and O–H groups in total. The summed E-state index contributed by atoms with van der Waals surface area (Å²) < 4.78 is 2.85. The molecule has 0 aromatic carbocycles. The number of pyridine rings is 1. The number of fused-ring (bicyclic) bond motifs is 1. The lowest BCUT2D eigenvalue weighted by Crippen LogP contribution is -2.11. The molecule has 0 bridgehead atoms. The van der Waals surface area contributed by atoms with Crippen molar-refractivity contribution in [1.29, 1.82) is 0 Å². The summed E-state index contributed by atoms with van der Waals surface area (Å²) in [5.41, 5.74) is 1.44. The van der Waals surface area contributed by atoms with Gasteiger partial charge in [-0.2, -0.15) is 5.10 Å². The van der Waals surface area contributed by atoms with E-state index in [9.17, 15) is 0 Å². The van der Waals surface area contributed by atoms with Gasteiger partial charge in [0.15, 0.2) is 10.4 Å². The van der Waals surface area contributed by atoms with E-state index in [2.05, 4.69) is 35.0 Å². The summed E-state index contributed by atoms with van der Waals surface area (Å²) in [6, 6.07) is 4.36. The van der Waals surface area contributed by atoms with E-state index in [4.69, 9.17) is 12.2 Å². The quantitative estimate of drug-likeness (QED) is 0.703. The summed E-state index contributed by atoms with van der Waals surface area (Å²) in [4.78, 5) is 12.9. The molecule has 3 aromatic heterocycles. The van der Waals surface area contributed by atoms with Crippen LogP contribution in [0.1, 0.15) is 24.7 Å². The van der Waals surface area contributed by atoms with Gasteiger partial charge in [-0.25, -0.2) is 9.97 Å². The lowest BCUT2D eigenvalue weighted by molar-refractivity contribution is 0.673. The molecule has 0 amide bonds. The van der Waals surface area contributed by atoms with Gasteiger partial charge in [0.25, 0.3) is 0 Å². The molecular weight excluding hydrogens is 298 g/mol. The Morgan fingerprint density at radius 1 is 1.27 bits per heavy atom. The molecule has 22 heavy (non-hydrogen) atoms.